The van der Waals surface area contributed by atoms with Gasteiger partial charge in [-0.1, -0.05) is 0 Å². The highest BCUT2D eigenvalue weighted by molar-refractivity contribution is 7.60. The number of alkyl halides is 5. The molecule has 184 valence electrons. The molecule has 15 heteroatoms. The predicted molar refractivity (Wildman–Crippen MR) is 107 cm³/mol. The Hall–Kier alpha value is -2.70. The van der Waals surface area contributed by atoms with Gasteiger partial charge >= 0.3 is 25.7 Å². The maximum absolute atomic E-state index is 14.6. The number of rotatable bonds is 11. The van der Waals surface area contributed by atoms with Crippen LogP contribution in [0.4, 0.5) is 33.3 Å². The summed E-state index contributed by atoms with van der Waals surface area (Å²) in [5.74, 6) is -7.14. The minimum absolute atomic E-state index is 0.138. The second kappa shape index (κ2) is 11.4. The molecule has 0 aliphatic rings. The molecule has 0 heterocycles. The fraction of sp³-hybridized carbons (Fsp3) is 0.444. The first kappa shape index (κ1) is 28.3. The van der Waals surface area contributed by atoms with Crippen molar-refractivity contribution < 1.29 is 50.0 Å². The van der Waals surface area contributed by atoms with Crippen molar-refractivity contribution in [1.82, 2.24) is 0 Å². The normalized spacial score (nSPS) is 13.7. The number of carbonyl (C=O) groups is 1. The van der Waals surface area contributed by atoms with Gasteiger partial charge in [-0.15, -0.1) is 0 Å². The zero-order chi connectivity index (χ0) is 25.4. The van der Waals surface area contributed by atoms with E-state index in [-0.39, 0.29) is 12.7 Å². The average molecular weight is 502 g/mol. The van der Waals surface area contributed by atoms with E-state index in [1.54, 1.807) is 0 Å². The maximum atomic E-state index is 14.6. The summed E-state index contributed by atoms with van der Waals surface area (Å²) >= 11 is 0. The van der Waals surface area contributed by atoms with Crippen LogP contribution in [0.2, 0.25) is 0 Å². The summed E-state index contributed by atoms with van der Waals surface area (Å²) in [7, 11) is -4.95. The summed E-state index contributed by atoms with van der Waals surface area (Å²) in [5, 5.41) is 9.29. The van der Waals surface area contributed by atoms with Crippen molar-refractivity contribution in [3.8, 4) is 0 Å². The van der Waals surface area contributed by atoms with Crippen LogP contribution in [-0.2, 0) is 23.1 Å². The third-order valence-electron chi connectivity index (χ3n) is 3.63. The van der Waals surface area contributed by atoms with Crippen LogP contribution in [0.25, 0.3) is 0 Å². The number of nitrogens with zero attached hydrogens (tertiary/aromatic N) is 2. The average Bonchev–Trinajstić information content (AvgIpc) is 2.70. The number of non-ortho nitro benzene ring substituents is 1. The summed E-state index contributed by atoms with van der Waals surface area (Å²) in [6.45, 7) is 2.71. The van der Waals surface area contributed by atoms with Gasteiger partial charge in [0.05, 0.1) is 35.7 Å². The molecule has 1 rings (SSSR count). The molecule has 0 bridgehead atoms. The topological polar surface area (TPSA) is 117 Å². The number of hydrogen-bond acceptors (Lipinski definition) is 8. The molecule has 0 saturated carbocycles. The molecule has 0 atom stereocenters. The van der Waals surface area contributed by atoms with E-state index in [0.717, 1.165) is 24.3 Å². The predicted octanol–water partition coefficient (Wildman–Crippen LogP) is 5.58. The third kappa shape index (κ3) is 7.14. The largest absolute Gasteiger partial charge is 0.463 e. The molecule has 0 spiro atoms. The van der Waals surface area contributed by atoms with E-state index in [1.807, 2.05) is 0 Å². The highest BCUT2D eigenvalue weighted by Gasteiger charge is 2.64. The Bertz CT molecular complexity index is 952. The van der Waals surface area contributed by atoms with Crippen molar-refractivity contribution in [2.45, 2.75) is 32.9 Å². The van der Waals surface area contributed by atoms with Crippen molar-refractivity contribution in [3.63, 3.8) is 0 Å². The van der Waals surface area contributed by atoms with Crippen molar-refractivity contribution in [2.75, 3.05) is 19.8 Å². The van der Waals surface area contributed by atoms with Gasteiger partial charge in [-0.05, 0) is 32.9 Å². The van der Waals surface area contributed by atoms with Crippen molar-refractivity contribution in [3.05, 3.63) is 45.8 Å². The van der Waals surface area contributed by atoms with Gasteiger partial charge in [-0.2, -0.15) is 22.0 Å². The first-order valence-corrected chi connectivity index (χ1v) is 10.8. The van der Waals surface area contributed by atoms with E-state index in [4.69, 9.17) is 9.05 Å². The molecule has 9 nitrogen and oxygen atoms in total. The fourth-order valence-electron chi connectivity index (χ4n) is 2.29. The monoisotopic (exact) mass is 502 g/mol. The van der Waals surface area contributed by atoms with Gasteiger partial charge in [0.1, 0.15) is 5.71 Å². The molecule has 1 aromatic rings. The summed E-state index contributed by atoms with van der Waals surface area (Å²) in [5.41, 5.74) is -3.23. The van der Waals surface area contributed by atoms with Crippen LogP contribution in [0.5, 0.6) is 0 Å². The molecule has 0 saturated heterocycles. The molecule has 0 aliphatic carbocycles. The molecule has 0 unspecified atom stereocenters. The number of halogens is 5. The van der Waals surface area contributed by atoms with Crippen molar-refractivity contribution in [1.29, 1.82) is 0 Å². The van der Waals surface area contributed by atoms with E-state index in [2.05, 4.69) is 9.73 Å². The number of aliphatic imine (C=N–C) groups is 1. The molecule has 0 aromatic heterocycles. The maximum Gasteiger partial charge on any atom is 0.459 e. The van der Waals surface area contributed by atoms with Gasteiger partial charge in [0, 0.05) is 18.2 Å². The smallest absolute Gasteiger partial charge is 0.459 e. The second-order valence-corrected chi connectivity index (χ2v) is 7.91. The van der Waals surface area contributed by atoms with Crippen LogP contribution >= 0.6 is 7.60 Å². The summed E-state index contributed by atoms with van der Waals surface area (Å²) < 4.78 is 96.7. The molecular weight excluding hydrogens is 482 g/mol. The summed E-state index contributed by atoms with van der Waals surface area (Å²) in [6.07, 6.45) is -6.09. The Morgan fingerprint density at radius 2 is 1.58 bits per heavy atom. The highest BCUT2D eigenvalue weighted by atomic mass is 31.2. The first-order chi connectivity index (χ1) is 15.2. The lowest BCUT2D eigenvalue weighted by Gasteiger charge is -2.27. The number of esters is 1. The minimum Gasteiger partial charge on any atom is -0.463 e. The van der Waals surface area contributed by atoms with Gasteiger partial charge in [0.25, 0.3) is 5.69 Å². The van der Waals surface area contributed by atoms with Crippen molar-refractivity contribution in [2.24, 2.45) is 4.99 Å². The Kier molecular flexibility index (Phi) is 9.82. The molecule has 33 heavy (non-hydrogen) atoms. The van der Waals surface area contributed by atoms with Crippen LogP contribution in [0.15, 0.2) is 40.6 Å². The Morgan fingerprint density at radius 1 is 1.06 bits per heavy atom. The number of hydrogen-bond donors (Lipinski definition) is 0. The highest BCUT2D eigenvalue weighted by Crippen LogP contribution is 2.59. The number of carbonyl (C=O) groups excluding carboxylic acids is 1. The van der Waals surface area contributed by atoms with E-state index in [0.29, 0.717) is 0 Å². The van der Waals surface area contributed by atoms with E-state index in [9.17, 15) is 41.4 Å². The van der Waals surface area contributed by atoms with Gasteiger partial charge in [-0.25, -0.2) is 9.79 Å². The van der Waals surface area contributed by atoms with Crippen LogP contribution in [0, 0.1) is 10.1 Å². The Labute approximate surface area is 184 Å². The number of ether oxygens (including phenoxy) is 1. The zero-order valence-electron chi connectivity index (χ0n) is 17.6. The SMILES string of the molecule is CCOC(=O)/C=C(\C(=Nc1ccc([N+](=O)[O-])cc1)C(F)(F)C(F)(F)F)P(=O)(OCC)OCC. The number of nitro benzene ring substituents is 1. The fourth-order valence-corrected chi connectivity index (χ4v) is 4.04. The standard InChI is InChI=1S/C18H20F5N2O7P/c1-4-30-15(26)11-14(33(29,31-5-2)32-6-3)16(17(19,20)18(21,22)23)24-12-7-9-13(10-8-12)25(27)28/h7-11H,4-6H2,1-3H3/b14-11+,24-16?. The van der Waals surface area contributed by atoms with E-state index < -0.39 is 66.2 Å². The van der Waals surface area contributed by atoms with E-state index in [1.165, 1.54) is 20.8 Å². The van der Waals surface area contributed by atoms with Gasteiger partial charge in [0.15, 0.2) is 0 Å². The third-order valence-corrected chi connectivity index (χ3v) is 5.76. The van der Waals surface area contributed by atoms with Gasteiger partial charge < -0.3 is 13.8 Å². The molecule has 0 N–H and O–H groups in total. The zero-order valence-corrected chi connectivity index (χ0v) is 18.5. The lowest BCUT2D eigenvalue weighted by atomic mass is 10.1. The molecule has 0 fully saturated rings. The lowest BCUT2D eigenvalue weighted by Crippen LogP contribution is -2.45. The molecule has 1 aromatic carbocycles. The number of benzene rings is 1. The summed E-state index contributed by atoms with van der Waals surface area (Å²) in [4.78, 5) is 25.2. The molecule has 0 amide bonds. The van der Waals surface area contributed by atoms with Crippen LogP contribution < -0.4 is 0 Å². The van der Waals surface area contributed by atoms with E-state index >= 15 is 0 Å². The number of nitro groups is 1. The Morgan fingerprint density at radius 3 is 1.97 bits per heavy atom. The van der Waals surface area contributed by atoms with Gasteiger partial charge in [-0.3, -0.25) is 14.7 Å². The van der Waals surface area contributed by atoms with Crippen LogP contribution in [0.3, 0.4) is 0 Å². The lowest BCUT2D eigenvalue weighted by molar-refractivity contribution is -0.384. The number of allylic oxidation sites excluding steroid dienone is 1. The minimum atomic E-state index is -6.23. The van der Waals surface area contributed by atoms with Gasteiger partial charge in [0.2, 0.25) is 0 Å². The van der Waals surface area contributed by atoms with Crippen LogP contribution in [-0.4, -0.2) is 48.5 Å². The quantitative estimate of drug-likeness (QED) is 0.0738. The second-order valence-electron chi connectivity index (χ2n) is 5.92. The van der Waals surface area contributed by atoms with Crippen molar-refractivity contribution >= 4 is 30.7 Å². The summed E-state index contributed by atoms with van der Waals surface area (Å²) in [6, 6.07) is 3.20. The van der Waals surface area contributed by atoms with Crippen LogP contribution in [0.1, 0.15) is 20.8 Å². The first-order valence-electron chi connectivity index (χ1n) is 9.30. The molecular formula is C18H20F5N2O7P. The molecule has 0 radical (unpaired) electrons. The Balaban J connectivity index is 3.95. The molecule has 0 aliphatic heterocycles.